The van der Waals surface area contributed by atoms with Crippen molar-refractivity contribution in [2.45, 2.75) is 11.1 Å². The van der Waals surface area contributed by atoms with Crippen molar-refractivity contribution in [3.63, 3.8) is 0 Å². The van der Waals surface area contributed by atoms with Crippen molar-refractivity contribution in [2.75, 3.05) is 11.5 Å². The van der Waals surface area contributed by atoms with Crippen LogP contribution in [0.25, 0.3) is 0 Å². The van der Waals surface area contributed by atoms with E-state index in [9.17, 15) is 20.2 Å². The third kappa shape index (κ3) is 4.94. The van der Waals surface area contributed by atoms with E-state index in [2.05, 4.69) is 0 Å². The molecule has 9 heteroatoms. The quantitative estimate of drug-likeness (QED) is 0.212. The smallest absolute Gasteiger partial charge is 0.263 e. The molecule has 0 heterocycles. The highest BCUT2D eigenvalue weighted by molar-refractivity contribution is 7.99. The van der Waals surface area contributed by atoms with Crippen molar-refractivity contribution in [1.82, 2.24) is 0 Å². The van der Waals surface area contributed by atoms with E-state index in [0.717, 1.165) is 11.5 Å². The summed E-state index contributed by atoms with van der Waals surface area (Å²) >= 11 is 14.2. The molecule has 2 aromatic carbocycles. The Morgan fingerprint density at radius 3 is 1.34 bits per heavy atom. The fourth-order valence-electron chi connectivity index (χ4n) is 4.25. The van der Waals surface area contributed by atoms with Crippen LogP contribution in [0.5, 0.6) is 0 Å². The number of nitro groups is 2. The normalized spacial score (nSPS) is 27.1. The van der Waals surface area contributed by atoms with Gasteiger partial charge in [-0.1, -0.05) is 71.8 Å². The average molecular weight is 529 g/mol. The van der Waals surface area contributed by atoms with E-state index in [1.807, 2.05) is 24.3 Å². The molecule has 0 saturated heterocycles. The Bertz CT molecular complexity index is 1130. The van der Waals surface area contributed by atoms with E-state index in [0.29, 0.717) is 21.2 Å². The van der Waals surface area contributed by atoms with Crippen molar-refractivity contribution in [3.05, 3.63) is 139 Å². The van der Waals surface area contributed by atoms with E-state index in [4.69, 9.17) is 23.2 Å². The van der Waals surface area contributed by atoms with Crippen LogP contribution >= 0.6 is 35.0 Å². The lowest BCUT2D eigenvalue weighted by Crippen LogP contribution is -2.33. The lowest BCUT2D eigenvalue weighted by Gasteiger charge is -2.25. The lowest BCUT2D eigenvalue weighted by atomic mass is 9.84. The molecule has 2 aliphatic rings. The van der Waals surface area contributed by atoms with E-state index in [-0.39, 0.29) is 21.7 Å². The van der Waals surface area contributed by atoms with Gasteiger partial charge in [-0.3, -0.25) is 20.2 Å². The van der Waals surface area contributed by atoms with Crippen molar-refractivity contribution in [3.8, 4) is 0 Å². The van der Waals surface area contributed by atoms with Crippen LogP contribution in [-0.2, 0) is 11.1 Å². The molecule has 35 heavy (non-hydrogen) atoms. The molecule has 180 valence electrons. The largest absolute Gasteiger partial charge is 0.285 e. The molecule has 0 saturated carbocycles. The van der Waals surface area contributed by atoms with E-state index in [1.165, 1.54) is 0 Å². The second kappa shape index (κ2) is 10.4. The number of nitrogens with zero attached hydrogens (tertiary/aromatic N) is 2. The van der Waals surface area contributed by atoms with Crippen LogP contribution in [0.4, 0.5) is 0 Å². The Morgan fingerprint density at radius 2 is 1.03 bits per heavy atom. The Morgan fingerprint density at radius 1 is 0.686 bits per heavy atom. The molecule has 6 nitrogen and oxygen atoms in total. The summed E-state index contributed by atoms with van der Waals surface area (Å²) < 4.78 is 0. The highest BCUT2D eigenvalue weighted by Crippen LogP contribution is 2.39. The minimum absolute atomic E-state index is 0.0353. The summed E-state index contributed by atoms with van der Waals surface area (Å²) in [6.45, 7) is 0. The van der Waals surface area contributed by atoms with Gasteiger partial charge in [-0.05, 0) is 48.6 Å². The second-order valence-corrected chi connectivity index (χ2v) is 10.3. The lowest BCUT2D eigenvalue weighted by molar-refractivity contribution is -0.549. The molecular formula is C26H22Cl2N2O4S. The number of hydrogen-bond donors (Lipinski definition) is 0. The summed E-state index contributed by atoms with van der Waals surface area (Å²) in [5.41, 5.74) is -2.07. The molecule has 0 bridgehead atoms. The van der Waals surface area contributed by atoms with Gasteiger partial charge in [-0.2, -0.15) is 11.8 Å². The molecule has 2 aliphatic carbocycles. The van der Waals surface area contributed by atoms with Crippen LogP contribution in [0.3, 0.4) is 0 Å². The SMILES string of the molecule is O=[N+]([O-])C1(c2ccccc2Cl)C=CC(CSCC2C=CC(c3ccccc3Cl)([N+](=O)[O-])C=C2)C=C1. The van der Waals surface area contributed by atoms with Gasteiger partial charge in [0.15, 0.2) is 0 Å². The Kier molecular flexibility index (Phi) is 7.50. The second-order valence-electron chi connectivity index (χ2n) is 8.43. The number of hydrogen-bond acceptors (Lipinski definition) is 5. The minimum Gasteiger partial charge on any atom is -0.263 e. The maximum atomic E-state index is 11.9. The third-order valence-corrected chi connectivity index (χ3v) is 8.13. The zero-order chi connectivity index (χ0) is 25.1. The van der Waals surface area contributed by atoms with Gasteiger partial charge < -0.3 is 0 Å². The molecule has 0 fully saturated rings. The summed E-state index contributed by atoms with van der Waals surface area (Å²) in [7, 11) is 0. The standard InChI is InChI=1S/C26H22Cl2N2O4S/c27-23-7-3-1-5-21(23)25(29(31)32)13-9-19(10-14-25)17-35-18-20-11-15-26(16-12-20,30(33)34)22-6-2-4-8-24(22)28/h1-16,19-20H,17-18H2. The third-order valence-electron chi connectivity index (χ3n) is 6.23. The average Bonchev–Trinajstić information content (AvgIpc) is 2.85. The molecule has 4 rings (SSSR count). The molecule has 0 atom stereocenters. The molecular weight excluding hydrogens is 507 g/mol. The molecule has 0 aliphatic heterocycles. The van der Waals surface area contributed by atoms with Gasteiger partial charge in [0, 0.05) is 33.2 Å². The van der Waals surface area contributed by atoms with Gasteiger partial charge in [-0.15, -0.1) is 0 Å². The van der Waals surface area contributed by atoms with Gasteiger partial charge in [0.05, 0.1) is 21.2 Å². The van der Waals surface area contributed by atoms with Crippen LogP contribution in [0.1, 0.15) is 11.1 Å². The highest BCUT2D eigenvalue weighted by atomic mass is 35.5. The number of benzene rings is 2. The summed E-state index contributed by atoms with van der Waals surface area (Å²) in [5, 5.41) is 24.6. The monoisotopic (exact) mass is 528 g/mol. The molecule has 0 unspecified atom stereocenters. The maximum absolute atomic E-state index is 11.9. The zero-order valence-corrected chi connectivity index (χ0v) is 20.8. The van der Waals surface area contributed by atoms with Crippen LogP contribution in [0, 0.1) is 32.1 Å². The van der Waals surface area contributed by atoms with Gasteiger partial charge in [0.2, 0.25) is 0 Å². The highest BCUT2D eigenvalue weighted by Gasteiger charge is 2.44. The van der Waals surface area contributed by atoms with E-state index < -0.39 is 11.1 Å². The van der Waals surface area contributed by atoms with Gasteiger partial charge in [-0.25, -0.2) is 0 Å². The maximum Gasteiger partial charge on any atom is 0.285 e. The van der Waals surface area contributed by atoms with Gasteiger partial charge in [0.25, 0.3) is 11.1 Å². The molecule has 2 aromatic rings. The van der Waals surface area contributed by atoms with Crippen LogP contribution in [0.15, 0.2) is 97.1 Å². The zero-order valence-electron chi connectivity index (χ0n) is 18.5. The number of halogens is 2. The first-order valence-electron chi connectivity index (χ1n) is 10.9. The molecule has 0 amide bonds. The van der Waals surface area contributed by atoms with E-state index >= 15 is 0 Å². The minimum atomic E-state index is -1.47. The first-order valence-corrected chi connectivity index (χ1v) is 12.8. The fourth-order valence-corrected chi connectivity index (χ4v) is 5.95. The number of allylic oxidation sites excluding steroid dienone is 4. The van der Waals surface area contributed by atoms with Crippen LogP contribution < -0.4 is 0 Å². The van der Waals surface area contributed by atoms with Gasteiger partial charge >= 0.3 is 0 Å². The first kappa shape index (κ1) is 25.2. The van der Waals surface area contributed by atoms with E-state index in [1.54, 1.807) is 84.6 Å². The fraction of sp³-hybridized carbons (Fsp3) is 0.231. The van der Waals surface area contributed by atoms with Crippen molar-refractivity contribution >= 4 is 35.0 Å². The van der Waals surface area contributed by atoms with Crippen molar-refractivity contribution in [1.29, 1.82) is 0 Å². The summed E-state index contributed by atoms with van der Waals surface area (Å²) in [6, 6.07) is 13.6. The number of thioether (sulfide) groups is 1. The molecule has 0 radical (unpaired) electrons. The summed E-state index contributed by atoms with van der Waals surface area (Å²) in [5.74, 6) is 1.53. The van der Waals surface area contributed by atoms with Crippen LogP contribution in [0.2, 0.25) is 10.0 Å². The van der Waals surface area contributed by atoms with Crippen LogP contribution in [-0.4, -0.2) is 21.4 Å². The Balaban J connectivity index is 1.38. The number of rotatable bonds is 8. The molecule has 0 N–H and O–H groups in total. The predicted octanol–water partition coefficient (Wildman–Crippen LogP) is 6.86. The topological polar surface area (TPSA) is 86.3 Å². The Hall–Kier alpha value is -2.87. The Labute approximate surface area is 217 Å². The van der Waals surface area contributed by atoms with Crippen molar-refractivity contribution in [2.24, 2.45) is 11.8 Å². The van der Waals surface area contributed by atoms with Crippen molar-refractivity contribution < 1.29 is 9.85 Å². The summed E-state index contributed by atoms with van der Waals surface area (Å²) in [4.78, 5) is 23.2. The van der Waals surface area contributed by atoms with Gasteiger partial charge in [0.1, 0.15) is 0 Å². The first-order chi connectivity index (χ1) is 16.8. The molecule has 0 spiro atoms. The summed E-state index contributed by atoms with van der Waals surface area (Å²) in [6.07, 6.45) is 13.8. The predicted molar refractivity (Wildman–Crippen MR) is 141 cm³/mol. The molecule has 0 aromatic heterocycles.